The van der Waals surface area contributed by atoms with E-state index in [1.807, 2.05) is 32.6 Å². The largest absolute Gasteiger partial charge is 0.444 e. The van der Waals surface area contributed by atoms with E-state index in [-0.39, 0.29) is 36.2 Å². The van der Waals surface area contributed by atoms with Crippen LogP contribution in [0.15, 0.2) is 0 Å². The Morgan fingerprint density at radius 3 is 1.92 bits per heavy atom. The first-order valence-corrected chi connectivity index (χ1v) is 9.48. The SMILES string of the molecule is CC(C(=O)N(C(C)C)C(C)C)N1CCC(NC(=O)OC(C)(C)C)CC1. The number of piperidine rings is 1. The lowest BCUT2D eigenvalue weighted by molar-refractivity contribution is -0.140. The molecule has 6 nitrogen and oxygen atoms in total. The van der Waals surface area contributed by atoms with E-state index >= 15 is 0 Å². The highest BCUT2D eigenvalue weighted by atomic mass is 16.6. The summed E-state index contributed by atoms with van der Waals surface area (Å²) < 4.78 is 5.31. The lowest BCUT2D eigenvalue weighted by Gasteiger charge is -2.40. The number of hydrogen-bond donors (Lipinski definition) is 1. The molecule has 0 aromatic heterocycles. The molecule has 1 heterocycles. The lowest BCUT2D eigenvalue weighted by Crippen LogP contribution is -2.55. The van der Waals surface area contributed by atoms with Crippen LogP contribution in [0.4, 0.5) is 4.79 Å². The molecule has 0 aromatic carbocycles. The zero-order valence-corrected chi connectivity index (χ0v) is 17.3. The van der Waals surface area contributed by atoms with Crippen LogP contribution in [0.25, 0.3) is 0 Å². The Morgan fingerprint density at radius 1 is 1.04 bits per heavy atom. The van der Waals surface area contributed by atoms with Crippen LogP contribution in [0, 0.1) is 0 Å². The summed E-state index contributed by atoms with van der Waals surface area (Å²) in [5, 5.41) is 2.94. The van der Waals surface area contributed by atoms with Crippen molar-refractivity contribution in [2.24, 2.45) is 0 Å². The molecular weight excluding hydrogens is 318 g/mol. The van der Waals surface area contributed by atoms with Gasteiger partial charge in [0.1, 0.15) is 5.60 Å². The molecule has 1 aliphatic heterocycles. The fourth-order valence-corrected chi connectivity index (χ4v) is 3.38. The van der Waals surface area contributed by atoms with Crippen LogP contribution in [-0.2, 0) is 9.53 Å². The maximum absolute atomic E-state index is 12.8. The molecule has 0 aromatic rings. The van der Waals surface area contributed by atoms with Gasteiger partial charge < -0.3 is 15.0 Å². The van der Waals surface area contributed by atoms with Gasteiger partial charge in [-0.2, -0.15) is 0 Å². The number of alkyl carbamates (subject to hydrolysis) is 1. The van der Waals surface area contributed by atoms with Crippen molar-refractivity contribution in [3.8, 4) is 0 Å². The molecule has 6 heteroatoms. The van der Waals surface area contributed by atoms with E-state index < -0.39 is 5.60 Å². The van der Waals surface area contributed by atoms with Crippen molar-refractivity contribution in [2.75, 3.05) is 13.1 Å². The van der Waals surface area contributed by atoms with Gasteiger partial charge in [-0.25, -0.2) is 4.79 Å². The zero-order valence-electron chi connectivity index (χ0n) is 17.3. The molecule has 1 atom stereocenters. The average molecular weight is 356 g/mol. The van der Waals surface area contributed by atoms with Crippen molar-refractivity contribution in [1.29, 1.82) is 0 Å². The molecule has 1 fully saturated rings. The van der Waals surface area contributed by atoms with Gasteiger partial charge in [0.25, 0.3) is 0 Å². The minimum atomic E-state index is -0.483. The van der Waals surface area contributed by atoms with Crippen LogP contribution >= 0.6 is 0 Å². The van der Waals surface area contributed by atoms with E-state index in [1.165, 1.54) is 0 Å². The molecule has 25 heavy (non-hydrogen) atoms. The maximum Gasteiger partial charge on any atom is 0.407 e. The molecule has 146 valence electrons. The van der Waals surface area contributed by atoms with Crippen molar-refractivity contribution >= 4 is 12.0 Å². The second-order valence-electron chi connectivity index (χ2n) is 8.57. The normalized spacial score (nSPS) is 18.3. The maximum atomic E-state index is 12.8. The summed E-state index contributed by atoms with van der Waals surface area (Å²) >= 11 is 0. The van der Waals surface area contributed by atoms with Gasteiger partial charge in [0.15, 0.2) is 0 Å². The number of nitrogens with zero attached hydrogens (tertiary/aromatic N) is 2. The molecule has 1 saturated heterocycles. The number of carbonyl (C=O) groups excluding carboxylic acids is 2. The van der Waals surface area contributed by atoms with Crippen LogP contribution in [0.5, 0.6) is 0 Å². The fourth-order valence-electron chi connectivity index (χ4n) is 3.38. The molecule has 1 aliphatic rings. The van der Waals surface area contributed by atoms with Gasteiger partial charge >= 0.3 is 6.09 Å². The first-order chi connectivity index (χ1) is 11.4. The zero-order chi connectivity index (χ0) is 19.4. The second kappa shape index (κ2) is 8.88. The van der Waals surface area contributed by atoms with Crippen LogP contribution < -0.4 is 5.32 Å². The van der Waals surface area contributed by atoms with E-state index in [1.54, 1.807) is 0 Å². The Bertz CT molecular complexity index is 441. The molecule has 0 radical (unpaired) electrons. The molecule has 0 spiro atoms. The summed E-state index contributed by atoms with van der Waals surface area (Å²) in [7, 11) is 0. The highest BCUT2D eigenvalue weighted by Gasteiger charge is 2.32. The molecule has 1 unspecified atom stereocenters. The third-order valence-corrected chi connectivity index (χ3v) is 4.52. The number of ether oxygens (including phenoxy) is 1. The van der Waals surface area contributed by atoms with Crippen molar-refractivity contribution in [3.05, 3.63) is 0 Å². The molecule has 1 rings (SSSR count). The van der Waals surface area contributed by atoms with Crippen LogP contribution in [0.3, 0.4) is 0 Å². The smallest absolute Gasteiger partial charge is 0.407 e. The lowest BCUT2D eigenvalue weighted by atomic mass is 10.0. The molecule has 0 saturated carbocycles. The Hall–Kier alpha value is -1.30. The van der Waals surface area contributed by atoms with E-state index in [0.29, 0.717) is 0 Å². The predicted molar refractivity (Wildman–Crippen MR) is 101 cm³/mol. The van der Waals surface area contributed by atoms with Gasteiger partial charge in [0, 0.05) is 31.2 Å². The summed E-state index contributed by atoms with van der Waals surface area (Å²) in [6.07, 6.45) is 1.31. The van der Waals surface area contributed by atoms with E-state index in [2.05, 4.69) is 37.9 Å². The highest BCUT2D eigenvalue weighted by Crippen LogP contribution is 2.17. The van der Waals surface area contributed by atoms with Crippen LogP contribution in [0.2, 0.25) is 0 Å². The van der Waals surface area contributed by atoms with Crippen molar-refractivity contribution < 1.29 is 14.3 Å². The first-order valence-electron chi connectivity index (χ1n) is 9.48. The van der Waals surface area contributed by atoms with Gasteiger partial charge in [-0.05, 0) is 68.2 Å². The highest BCUT2D eigenvalue weighted by molar-refractivity contribution is 5.82. The summed E-state index contributed by atoms with van der Waals surface area (Å²) in [6.45, 7) is 17.4. The summed E-state index contributed by atoms with van der Waals surface area (Å²) in [4.78, 5) is 28.9. The Kier molecular flexibility index (Phi) is 7.72. The van der Waals surface area contributed by atoms with Crippen LogP contribution in [0.1, 0.15) is 68.2 Å². The number of hydrogen-bond acceptors (Lipinski definition) is 4. The quantitative estimate of drug-likeness (QED) is 0.823. The number of carbonyl (C=O) groups is 2. The third kappa shape index (κ3) is 6.84. The molecular formula is C19H37N3O3. The van der Waals surface area contributed by atoms with Gasteiger partial charge in [0.05, 0.1) is 6.04 Å². The second-order valence-corrected chi connectivity index (χ2v) is 8.57. The number of rotatable bonds is 5. The van der Waals surface area contributed by atoms with Gasteiger partial charge in [-0.3, -0.25) is 9.69 Å². The van der Waals surface area contributed by atoms with E-state index in [4.69, 9.17) is 4.74 Å². The fraction of sp³-hybridized carbons (Fsp3) is 0.895. The first kappa shape index (κ1) is 21.7. The van der Waals surface area contributed by atoms with Crippen LogP contribution in [-0.4, -0.2) is 64.7 Å². The van der Waals surface area contributed by atoms with Gasteiger partial charge in [-0.1, -0.05) is 0 Å². The van der Waals surface area contributed by atoms with E-state index in [9.17, 15) is 9.59 Å². The monoisotopic (exact) mass is 355 g/mol. The minimum Gasteiger partial charge on any atom is -0.444 e. The topological polar surface area (TPSA) is 61.9 Å². The summed E-state index contributed by atoms with van der Waals surface area (Å²) in [5.74, 6) is 0.184. The predicted octanol–water partition coefficient (Wildman–Crippen LogP) is 3.01. The molecule has 0 aliphatic carbocycles. The van der Waals surface area contributed by atoms with Gasteiger partial charge in [0.2, 0.25) is 5.91 Å². The number of nitrogens with one attached hydrogen (secondary N) is 1. The Morgan fingerprint density at radius 2 is 1.52 bits per heavy atom. The van der Waals surface area contributed by atoms with Crippen molar-refractivity contribution in [2.45, 2.75) is 98.0 Å². The minimum absolute atomic E-state index is 0.111. The number of likely N-dealkylation sites (tertiary alicyclic amines) is 1. The molecule has 2 amide bonds. The third-order valence-electron chi connectivity index (χ3n) is 4.52. The average Bonchev–Trinajstić information content (AvgIpc) is 2.44. The van der Waals surface area contributed by atoms with Crippen molar-refractivity contribution in [1.82, 2.24) is 15.1 Å². The van der Waals surface area contributed by atoms with Gasteiger partial charge in [-0.15, -0.1) is 0 Å². The molecule has 1 N–H and O–H groups in total. The number of amides is 2. The molecule has 0 bridgehead atoms. The Balaban J connectivity index is 2.52. The summed E-state index contributed by atoms with van der Waals surface area (Å²) in [6, 6.07) is 0.370. The summed E-state index contributed by atoms with van der Waals surface area (Å²) in [5.41, 5.74) is -0.483. The Labute approximate surface area is 153 Å². The van der Waals surface area contributed by atoms with E-state index in [0.717, 1.165) is 25.9 Å². The standard InChI is InChI=1S/C19H37N3O3/c1-13(2)22(14(3)4)17(23)15(5)21-11-9-16(10-12-21)20-18(24)25-19(6,7)8/h13-16H,9-12H2,1-8H3,(H,20,24). The van der Waals surface area contributed by atoms with Crippen molar-refractivity contribution in [3.63, 3.8) is 0 Å².